The average molecular weight is 246 g/mol. The Morgan fingerprint density at radius 3 is 2.28 bits per heavy atom. The van der Waals surface area contributed by atoms with Crippen LogP contribution in [0.4, 0.5) is 10.5 Å². The third kappa shape index (κ3) is 3.25. The summed E-state index contributed by atoms with van der Waals surface area (Å²) in [5.74, 6) is 0.746. The van der Waals surface area contributed by atoms with E-state index >= 15 is 0 Å². The van der Waals surface area contributed by atoms with Crippen LogP contribution in [0.15, 0.2) is 18.2 Å². The molecular weight excluding hydrogens is 224 g/mol. The van der Waals surface area contributed by atoms with E-state index in [2.05, 4.69) is 18.3 Å². The number of urea groups is 1. The highest BCUT2D eigenvalue weighted by Gasteiger charge is 2.20. The monoisotopic (exact) mass is 246 g/mol. The van der Waals surface area contributed by atoms with Crippen LogP contribution in [0.5, 0.6) is 0 Å². The second-order valence-corrected chi connectivity index (χ2v) is 5.48. The molecule has 1 fully saturated rings. The van der Waals surface area contributed by atoms with Crippen molar-refractivity contribution >= 4 is 11.7 Å². The Bertz CT molecular complexity index is 414. The number of nitrogens with zero attached hydrogens (tertiary/aromatic N) is 1. The van der Waals surface area contributed by atoms with Gasteiger partial charge < -0.3 is 10.2 Å². The molecule has 2 rings (SSSR count). The van der Waals surface area contributed by atoms with E-state index < -0.39 is 0 Å². The van der Waals surface area contributed by atoms with Crippen molar-refractivity contribution in [1.82, 2.24) is 4.90 Å². The number of nitrogens with one attached hydrogen (secondary N) is 1. The second-order valence-electron chi connectivity index (χ2n) is 5.48. The Balaban J connectivity index is 1.98. The van der Waals surface area contributed by atoms with Gasteiger partial charge in [0.05, 0.1) is 0 Å². The van der Waals surface area contributed by atoms with E-state index in [-0.39, 0.29) is 6.03 Å². The first kappa shape index (κ1) is 12.9. The lowest BCUT2D eigenvalue weighted by atomic mass is 10.00. The normalized spacial score (nSPS) is 16.7. The summed E-state index contributed by atoms with van der Waals surface area (Å²) in [6.45, 7) is 8.09. The first-order valence-corrected chi connectivity index (χ1v) is 6.69. The number of amides is 2. The molecule has 18 heavy (non-hydrogen) atoms. The largest absolute Gasteiger partial charge is 0.325 e. The minimum absolute atomic E-state index is 0.0342. The molecule has 0 aromatic heterocycles. The average Bonchev–Trinajstić information content (AvgIpc) is 2.28. The summed E-state index contributed by atoms with van der Waals surface area (Å²) >= 11 is 0. The molecule has 0 saturated carbocycles. The molecule has 1 aliphatic heterocycles. The summed E-state index contributed by atoms with van der Waals surface area (Å²) in [5.41, 5.74) is 3.26. The van der Waals surface area contributed by atoms with Gasteiger partial charge >= 0.3 is 6.03 Å². The van der Waals surface area contributed by atoms with Gasteiger partial charge in [0.15, 0.2) is 0 Å². The summed E-state index contributed by atoms with van der Waals surface area (Å²) in [6.07, 6.45) is 2.22. The van der Waals surface area contributed by atoms with Crippen molar-refractivity contribution in [3.8, 4) is 0 Å². The Kier molecular flexibility index (Phi) is 3.90. The van der Waals surface area contributed by atoms with E-state index in [1.807, 2.05) is 30.9 Å². The van der Waals surface area contributed by atoms with Crippen LogP contribution in [0.1, 0.15) is 30.9 Å². The summed E-state index contributed by atoms with van der Waals surface area (Å²) in [7, 11) is 0. The van der Waals surface area contributed by atoms with Crippen molar-refractivity contribution in [3.63, 3.8) is 0 Å². The van der Waals surface area contributed by atoms with Gasteiger partial charge in [-0.25, -0.2) is 4.79 Å². The maximum Gasteiger partial charge on any atom is 0.321 e. The molecule has 1 aromatic rings. The zero-order valence-corrected chi connectivity index (χ0v) is 11.5. The van der Waals surface area contributed by atoms with E-state index in [1.54, 1.807) is 0 Å². The van der Waals surface area contributed by atoms with Gasteiger partial charge in [0.1, 0.15) is 0 Å². The summed E-state index contributed by atoms with van der Waals surface area (Å²) in [6, 6.07) is 6.17. The summed E-state index contributed by atoms with van der Waals surface area (Å²) in [5, 5.41) is 3.00. The van der Waals surface area contributed by atoms with E-state index in [4.69, 9.17) is 0 Å². The van der Waals surface area contributed by atoms with Gasteiger partial charge in [-0.3, -0.25) is 0 Å². The van der Waals surface area contributed by atoms with Crippen LogP contribution >= 0.6 is 0 Å². The fourth-order valence-corrected chi connectivity index (χ4v) is 2.46. The number of rotatable bonds is 1. The van der Waals surface area contributed by atoms with Gasteiger partial charge in [0.25, 0.3) is 0 Å². The predicted molar refractivity (Wildman–Crippen MR) is 74.9 cm³/mol. The molecule has 1 N–H and O–H groups in total. The van der Waals surface area contributed by atoms with Crippen molar-refractivity contribution in [3.05, 3.63) is 29.3 Å². The Morgan fingerprint density at radius 2 is 1.72 bits per heavy atom. The van der Waals surface area contributed by atoms with Gasteiger partial charge in [0.2, 0.25) is 0 Å². The van der Waals surface area contributed by atoms with Crippen LogP contribution in [-0.2, 0) is 0 Å². The highest BCUT2D eigenvalue weighted by Crippen LogP contribution is 2.18. The lowest BCUT2D eigenvalue weighted by Gasteiger charge is -2.30. The molecule has 3 heteroatoms. The second kappa shape index (κ2) is 5.42. The molecule has 0 unspecified atom stereocenters. The molecule has 3 nitrogen and oxygen atoms in total. The highest BCUT2D eigenvalue weighted by atomic mass is 16.2. The number of likely N-dealkylation sites (tertiary alicyclic amines) is 1. The lowest BCUT2D eigenvalue weighted by Crippen LogP contribution is -2.40. The molecule has 0 radical (unpaired) electrons. The van der Waals surface area contributed by atoms with Crippen molar-refractivity contribution in [2.75, 3.05) is 18.4 Å². The van der Waals surface area contributed by atoms with Crippen LogP contribution < -0.4 is 5.32 Å². The number of carbonyl (C=O) groups excluding carboxylic acids is 1. The zero-order chi connectivity index (χ0) is 13.1. The third-order valence-corrected chi connectivity index (χ3v) is 3.54. The van der Waals surface area contributed by atoms with E-state index in [1.165, 1.54) is 11.1 Å². The molecule has 0 spiro atoms. The maximum absolute atomic E-state index is 12.1. The van der Waals surface area contributed by atoms with Crippen LogP contribution in [0.25, 0.3) is 0 Å². The molecule has 1 heterocycles. The van der Waals surface area contributed by atoms with E-state index in [0.29, 0.717) is 0 Å². The smallest absolute Gasteiger partial charge is 0.321 e. The van der Waals surface area contributed by atoms with Gasteiger partial charge in [0, 0.05) is 18.8 Å². The molecule has 1 aliphatic rings. The minimum Gasteiger partial charge on any atom is -0.325 e. The lowest BCUT2D eigenvalue weighted by molar-refractivity contribution is 0.186. The Labute approximate surface area is 109 Å². The van der Waals surface area contributed by atoms with Gasteiger partial charge in [-0.05, 0) is 55.9 Å². The number of anilines is 1. The maximum atomic E-state index is 12.1. The van der Waals surface area contributed by atoms with Gasteiger partial charge in [-0.2, -0.15) is 0 Å². The molecule has 2 amide bonds. The third-order valence-electron chi connectivity index (χ3n) is 3.54. The highest BCUT2D eigenvalue weighted by molar-refractivity contribution is 5.89. The van der Waals surface area contributed by atoms with Crippen LogP contribution in [0, 0.1) is 19.8 Å². The van der Waals surface area contributed by atoms with Crippen LogP contribution in [0.3, 0.4) is 0 Å². The van der Waals surface area contributed by atoms with Gasteiger partial charge in [-0.15, -0.1) is 0 Å². The number of carbonyl (C=O) groups is 1. The summed E-state index contributed by atoms with van der Waals surface area (Å²) in [4.78, 5) is 14.0. The standard InChI is InChI=1S/C15H22N2O/c1-11-4-6-17(7-5-11)15(18)16-14-9-12(2)8-13(3)10-14/h8-11H,4-7H2,1-3H3,(H,16,18). The number of aryl methyl sites for hydroxylation is 2. The molecule has 98 valence electrons. The van der Waals surface area contributed by atoms with Crippen molar-refractivity contribution in [2.45, 2.75) is 33.6 Å². The molecular formula is C15H22N2O. The fraction of sp³-hybridized carbons (Fsp3) is 0.533. The van der Waals surface area contributed by atoms with E-state index in [0.717, 1.165) is 37.5 Å². The number of piperidine rings is 1. The van der Waals surface area contributed by atoms with Crippen molar-refractivity contribution in [1.29, 1.82) is 0 Å². The molecule has 0 aliphatic carbocycles. The Hall–Kier alpha value is -1.51. The number of hydrogen-bond acceptors (Lipinski definition) is 1. The SMILES string of the molecule is Cc1cc(C)cc(NC(=O)N2CCC(C)CC2)c1. The molecule has 0 bridgehead atoms. The Morgan fingerprint density at radius 1 is 1.17 bits per heavy atom. The topological polar surface area (TPSA) is 32.3 Å². The first-order chi connectivity index (χ1) is 8.54. The van der Waals surface area contributed by atoms with Gasteiger partial charge in [-0.1, -0.05) is 13.0 Å². The molecule has 1 aromatic carbocycles. The minimum atomic E-state index is 0.0342. The van der Waals surface area contributed by atoms with Crippen molar-refractivity contribution < 1.29 is 4.79 Å². The van der Waals surface area contributed by atoms with Crippen molar-refractivity contribution in [2.24, 2.45) is 5.92 Å². The molecule has 1 saturated heterocycles. The quantitative estimate of drug-likeness (QED) is 0.807. The van der Waals surface area contributed by atoms with Crippen LogP contribution in [0.2, 0.25) is 0 Å². The van der Waals surface area contributed by atoms with E-state index in [9.17, 15) is 4.79 Å². The fourth-order valence-electron chi connectivity index (χ4n) is 2.46. The molecule has 0 atom stereocenters. The first-order valence-electron chi connectivity index (χ1n) is 6.69. The number of hydrogen-bond donors (Lipinski definition) is 1. The van der Waals surface area contributed by atoms with Crippen LogP contribution in [-0.4, -0.2) is 24.0 Å². The zero-order valence-electron chi connectivity index (χ0n) is 11.5. The predicted octanol–water partition coefficient (Wildman–Crippen LogP) is 3.57. The summed E-state index contributed by atoms with van der Waals surface area (Å²) < 4.78 is 0. The number of benzene rings is 1.